The molecule has 1 heterocycles. The van der Waals surface area contributed by atoms with Crippen LogP contribution in [-0.2, 0) is 42.8 Å². The zero-order chi connectivity index (χ0) is 22.2. The monoisotopic (exact) mass is 557 g/mol. The maximum atomic E-state index is 6.38. The van der Waals surface area contributed by atoms with E-state index in [1.165, 1.54) is 22.3 Å². The summed E-state index contributed by atoms with van der Waals surface area (Å²) in [4.78, 5) is 14.3. The second-order valence-electron chi connectivity index (χ2n) is 7.42. The van der Waals surface area contributed by atoms with Gasteiger partial charge in [0.2, 0.25) is 0 Å². The van der Waals surface area contributed by atoms with Crippen molar-refractivity contribution in [2.75, 3.05) is 0 Å². The van der Waals surface area contributed by atoms with Crippen molar-refractivity contribution in [3.8, 4) is 0 Å². The Labute approximate surface area is 231 Å². The summed E-state index contributed by atoms with van der Waals surface area (Å²) in [5.74, 6) is 0. The third-order valence-corrected chi connectivity index (χ3v) is 5.63. The van der Waals surface area contributed by atoms with E-state index in [1.807, 2.05) is 12.1 Å². The first-order chi connectivity index (χ1) is 15.1. The van der Waals surface area contributed by atoms with E-state index in [9.17, 15) is 0 Å². The molecule has 0 aliphatic rings. The number of pyridine rings is 1. The Hall–Kier alpha value is -1.68. The van der Waals surface area contributed by atoms with Gasteiger partial charge in [-0.2, -0.15) is 0 Å². The molecule has 2 aromatic carbocycles. The van der Waals surface area contributed by atoms with Gasteiger partial charge in [-0.15, -0.1) is 0 Å². The van der Waals surface area contributed by atoms with Gasteiger partial charge in [-0.05, 0) is 60.1 Å². The van der Waals surface area contributed by atoms with Gasteiger partial charge < -0.3 is 24.8 Å². The average molecular weight is 559 g/mol. The van der Waals surface area contributed by atoms with Crippen LogP contribution in [-0.4, -0.2) is 17.4 Å². The van der Waals surface area contributed by atoms with E-state index in [4.69, 9.17) is 26.6 Å². The van der Waals surface area contributed by atoms with Gasteiger partial charge in [-0.1, -0.05) is 75.7 Å². The number of rotatable bonds is 8. The van der Waals surface area contributed by atoms with E-state index in [-0.39, 0.29) is 41.9 Å². The Morgan fingerprint density at radius 3 is 1.29 bits per heavy atom. The predicted molar refractivity (Wildman–Crippen MR) is 134 cm³/mol. The molecule has 0 spiro atoms. The third kappa shape index (κ3) is 8.22. The number of aliphatic imine (C=N–C) groups is 2. The van der Waals surface area contributed by atoms with Crippen molar-refractivity contribution >= 4 is 35.4 Å². The van der Waals surface area contributed by atoms with Crippen molar-refractivity contribution in [3.63, 3.8) is 0 Å². The Morgan fingerprint density at radius 1 is 0.676 bits per heavy atom. The molecular weight excluding hydrogens is 529 g/mol. The number of nitrogens with zero attached hydrogens (tertiary/aromatic N) is 3. The molecule has 0 bridgehead atoms. The summed E-state index contributed by atoms with van der Waals surface area (Å²) in [6.45, 7) is 8.61. The van der Waals surface area contributed by atoms with Crippen LogP contribution < -0.4 is 24.8 Å². The summed E-state index contributed by atoms with van der Waals surface area (Å²) in [6, 6.07) is 16.4. The van der Waals surface area contributed by atoms with Crippen molar-refractivity contribution in [2.45, 2.75) is 53.4 Å². The molecule has 0 unspecified atom stereocenters. The van der Waals surface area contributed by atoms with Crippen LogP contribution in [0.4, 0.5) is 11.4 Å². The van der Waals surface area contributed by atoms with Crippen LogP contribution in [0.5, 0.6) is 0 Å². The van der Waals surface area contributed by atoms with Gasteiger partial charge in [0.15, 0.2) is 0 Å². The molecule has 0 N–H and O–H groups in total. The van der Waals surface area contributed by atoms with Crippen LogP contribution in [0.3, 0.4) is 0 Å². The maximum absolute atomic E-state index is 6.38. The largest absolute Gasteiger partial charge is 2.00 e. The van der Waals surface area contributed by atoms with Crippen molar-refractivity contribution in [1.29, 1.82) is 0 Å². The Morgan fingerprint density at radius 2 is 1.00 bits per heavy atom. The second kappa shape index (κ2) is 16.1. The minimum absolute atomic E-state index is 0. The van der Waals surface area contributed by atoms with Crippen LogP contribution in [0.2, 0.25) is 5.02 Å². The molecule has 0 amide bonds. The second-order valence-corrected chi connectivity index (χ2v) is 7.85. The van der Waals surface area contributed by atoms with E-state index in [0.717, 1.165) is 48.4 Å². The number of halogens is 3. The molecule has 0 atom stereocenters. The van der Waals surface area contributed by atoms with Crippen LogP contribution in [0.15, 0.2) is 58.5 Å². The molecule has 3 nitrogen and oxygen atoms in total. The zero-order valence-corrected chi connectivity index (χ0v) is 23.3. The smallest absolute Gasteiger partial charge is 1.00 e. The minimum Gasteiger partial charge on any atom is -1.00 e. The van der Waals surface area contributed by atoms with Crippen LogP contribution in [0.1, 0.15) is 61.3 Å². The Balaban J connectivity index is 0.00000363. The van der Waals surface area contributed by atoms with E-state index in [0.29, 0.717) is 5.02 Å². The van der Waals surface area contributed by atoms with E-state index in [1.54, 1.807) is 12.4 Å². The molecule has 0 saturated heterocycles. The minimum atomic E-state index is 0. The van der Waals surface area contributed by atoms with Gasteiger partial charge in [0.05, 0.1) is 35.2 Å². The van der Waals surface area contributed by atoms with Crippen molar-refractivity contribution in [3.05, 3.63) is 87.2 Å². The topological polar surface area (TPSA) is 37.6 Å². The predicted octanol–water partition coefficient (Wildman–Crippen LogP) is 1.49. The fourth-order valence-corrected chi connectivity index (χ4v) is 3.92. The summed E-state index contributed by atoms with van der Waals surface area (Å²) in [7, 11) is 0. The van der Waals surface area contributed by atoms with Gasteiger partial charge in [0.1, 0.15) is 0 Å². The van der Waals surface area contributed by atoms with Crippen molar-refractivity contribution < 1.29 is 41.9 Å². The molecule has 182 valence electrons. The standard InChI is InChI=1S/C27H30ClN3.2ClH.Fe/c1-5-19-11-9-12-20(6-2)26(19)29-17-24-15-23(28)16-25(31-24)18-30-27-21(7-3)13-10-14-22(27)8-4;;;/h9-18H,5-8H2,1-4H3;2*1H;/q;;;+2/p-2. The normalized spacial score (nSPS) is 10.6. The van der Waals surface area contributed by atoms with Gasteiger partial charge in [0.25, 0.3) is 0 Å². The molecule has 0 aliphatic heterocycles. The van der Waals surface area contributed by atoms with E-state index < -0.39 is 0 Å². The van der Waals surface area contributed by atoms with Crippen molar-refractivity contribution in [1.82, 2.24) is 4.98 Å². The first-order valence-corrected chi connectivity index (χ1v) is 11.4. The summed E-state index contributed by atoms with van der Waals surface area (Å²) in [6.07, 6.45) is 7.37. The molecule has 3 rings (SSSR count). The third-order valence-electron chi connectivity index (χ3n) is 5.41. The summed E-state index contributed by atoms with van der Waals surface area (Å²) in [5.41, 5.74) is 8.47. The molecule has 34 heavy (non-hydrogen) atoms. The van der Waals surface area contributed by atoms with Crippen LogP contribution in [0.25, 0.3) is 0 Å². The molecule has 3 aromatic rings. The van der Waals surface area contributed by atoms with Gasteiger partial charge in [-0.25, -0.2) is 4.98 Å². The molecule has 1 aromatic heterocycles. The molecule has 7 heteroatoms. The van der Waals surface area contributed by atoms with Crippen LogP contribution in [0, 0.1) is 0 Å². The number of para-hydroxylation sites is 2. The molecule has 0 fully saturated rings. The fraction of sp³-hybridized carbons (Fsp3) is 0.296. The number of aryl methyl sites for hydroxylation is 4. The SMILES string of the molecule is CCc1cccc(CC)c1N=Cc1cc(Cl)cc(C=Nc2c(CC)cccc2CC)n1.[Cl-].[Cl-].[Fe+2]. The number of benzene rings is 2. The van der Waals surface area contributed by atoms with Crippen LogP contribution >= 0.6 is 11.6 Å². The fourth-order valence-electron chi connectivity index (χ4n) is 3.69. The quantitative estimate of drug-likeness (QED) is 0.305. The first kappa shape index (κ1) is 32.3. The Bertz CT molecular complexity index is 986. The summed E-state index contributed by atoms with van der Waals surface area (Å²) >= 11 is 6.38. The number of hydrogen-bond acceptors (Lipinski definition) is 3. The van der Waals surface area contributed by atoms with E-state index >= 15 is 0 Å². The maximum Gasteiger partial charge on any atom is 2.00 e. The van der Waals surface area contributed by atoms with Gasteiger partial charge in [0, 0.05) is 5.02 Å². The number of hydrogen-bond donors (Lipinski definition) is 0. The zero-order valence-electron chi connectivity index (χ0n) is 19.9. The number of aromatic nitrogens is 1. The average Bonchev–Trinajstić information content (AvgIpc) is 2.80. The molecule has 0 radical (unpaired) electrons. The van der Waals surface area contributed by atoms with Crippen molar-refractivity contribution in [2.24, 2.45) is 9.98 Å². The summed E-state index contributed by atoms with van der Waals surface area (Å²) in [5, 5.41) is 0.622. The van der Waals surface area contributed by atoms with Gasteiger partial charge in [-0.3, -0.25) is 9.98 Å². The van der Waals surface area contributed by atoms with E-state index in [2.05, 4.69) is 64.1 Å². The van der Waals surface area contributed by atoms with Gasteiger partial charge >= 0.3 is 17.1 Å². The molecule has 0 saturated carbocycles. The molecule has 0 aliphatic carbocycles. The molecular formula is C27H30Cl3FeN3. The Kier molecular flexibility index (Phi) is 15.3. The first-order valence-electron chi connectivity index (χ1n) is 11.1. The summed E-state index contributed by atoms with van der Waals surface area (Å²) < 4.78 is 0.